The number of aryl methyl sites for hydroxylation is 2. The number of nitrogens with zero attached hydrogens (tertiary/aromatic N) is 6. The van der Waals surface area contributed by atoms with Gasteiger partial charge in [-0.05, 0) is 211 Å². The van der Waals surface area contributed by atoms with E-state index >= 15 is 0 Å². The summed E-state index contributed by atoms with van der Waals surface area (Å²) in [5.74, 6) is 3.83. The van der Waals surface area contributed by atoms with Gasteiger partial charge in [0.2, 0.25) is 11.9 Å². The third-order valence-electron chi connectivity index (χ3n) is 14.1. The molecule has 0 unspecified atom stereocenters. The number of ether oxygens (including phenoxy) is 2. The average molecular weight is 1140 g/mol. The molecule has 0 atom stereocenters. The van der Waals surface area contributed by atoms with Crippen molar-refractivity contribution in [3.05, 3.63) is 112 Å². The second-order valence-corrected chi connectivity index (χ2v) is 26.8. The van der Waals surface area contributed by atoms with Crippen molar-refractivity contribution >= 4 is 88.6 Å². The number of halogens is 1. The van der Waals surface area contributed by atoms with Crippen molar-refractivity contribution in [2.24, 2.45) is 0 Å². The Balaban J connectivity index is 0.000000209. The molecule has 422 valence electrons. The third-order valence-corrected chi connectivity index (χ3v) is 18.8. The van der Waals surface area contributed by atoms with Crippen LogP contribution in [0.4, 0.5) is 46.3 Å². The quantitative estimate of drug-likeness (QED) is 0.0469. The smallest absolute Gasteiger partial charge is 0.231 e. The lowest BCUT2D eigenvalue weighted by Crippen LogP contribution is -2.29. The van der Waals surface area contributed by atoms with Crippen molar-refractivity contribution in [2.75, 3.05) is 54.5 Å². The van der Waals surface area contributed by atoms with Crippen LogP contribution in [0.15, 0.2) is 95.0 Å². The number of sulfone groups is 2. The van der Waals surface area contributed by atoms with E-state index in [0.29, 0.717) is 57.8 Å². The van der Waals surface area contributed by atoms with Crippen LogP contribution in [-0.4, -0.2) is 108 Å². The second-order valence-electron chi connectivity index (χ2n) is 21.4. The van der Waals surface area contributed by atoms with Crippen LogP contribution >= 0.6 is 11.6 Å². The van der Waals surface area contributed by atoms with Crippen molar-refractivity contribution in [1.82, 2.24) is 40.3 Å². The predicted octanol–water partition coefficient (Wildman–Crippen LogP) is 12.3. The highest BCUT2D eigenvalue weighted by Crippen LogP contribution is 2.41. The fourth-order valence-electron chi connectivity index (χ4n) is 9.78. The Hall–Kier alpha value is -6.58. The molecule has 3 aromatic heterocycles. The number of aromatic amines is 1. The summed E-state index contributed by atoms with van der Waals surface area (Å²) < 4.78 is 64.4. The molecule has 0 radical (unpaired) electrons. The fraction of sp³-hybridized carbons (Fsp3) is 0.431. The third kappa shape index (κ3) is 14.1. The molecule has 2 saturated heterocycles. The van der Waals surface area contributed by atoms with E-state index in [9.17, 15) is 16.8 Å². The summed E-state index contributed by atoms with van der Waals surface area (Å²) >= 11 is 6.42. The molecule has 7 aromatic rings. The number of nitrogens with one attached hydrogen (secondary N) is 6. The van der Waals surface area contributed by atoms with E-state index in [2.05, 4.69) is 102 Å². The molecule has 0 bridgehead atoms. The van der Waals surface area contributed by atoms with Crippen LogP contribution < -0.4 is 36.1 Å². The van der Waals surface area contributed by atoms with Crippen LogP contribution in [-0.2, 0) is 19.7 Å². The number of piperidine rings is 2. The summed E-state index contributed by atoms with van der Waals surface area (Å²) in [6.07, 6.45) is 7.50. The number of anilines is 8. The molecule has 6 N–H and O–H groups in total. The van der Waals surface area contributed by atoms with E-state index in [4.69, 9.17) is 26.1 Å². The highest BCUT2D eigenvalue weighted by molar-refractivity contribution is 7.92. The highest BCUT2D eigenvalue weighted by atomic mass is 35.5. The van der Waals surface area contributed by atoms with Crippen molar-refractivity contribution in [3.8, 4) is 11.5 Å². The van der Waals surface area contributed by atoms with Gasteiger partial charge in [0, 0.05) is 0 Å². The number of hydrogen-bond acceptors (Lipinski definition) is 17. The molecule has 0 spiro atoms. The predicted molar refractivity (Wildman–Crippen MR) is 318 cm³/mol. The van der Waals surface area contributed by atoms with E-state index in [0.717, 1.165) is 74.7 Å². The fourth-order valence-corrected chi connectivity index (χ4v) is 12.3. The lowest BCUT2D eigenvalue weighted by molar-refractivity contribution is 0.241. The summed E-state index contributed by atoms with van der Waals surface area (Å²) in [6.45, 7) is 23.1. The van der Waals surface area contributed by atoms with E-state index in [1.54, 1.807) is 82.4 Å². The number of hydrogen-bond donors (Lipinski definition) is 6. The molecule has 0 saturated carbocycles. The number of benzene rings is 4. The summed E-state index contributed by atoms with van der Waals surface area (Å²) in [5.41, 5.74) is 7.85. The SMILES string of the molecule is Cc1cc(Nc2nc(Nc3ccccc3S(=O)(=O)C(C)C)c3cn[nH]c3n2)c(OC(C)C)cc1C1CCN(C)CC1.Cc1cc(Nc2ncc(Cl)c(Nc3ccccc3S(=O)(=O)C(C)C)n2)c(OC(C)C)cc1C1CCNCC1. The molecule has 4 aromatic carbocycles. The number of H-pyrrole nitrogens is 1. The Kier molecular flexibility index (Phi) is 18.7. The number of fused-ring (bicyclic) bond motifs is 1. The highest BCUT2D eigenvalue weighted by Gasteiger charge is 2.27. The summed E-state index contributed by atoms with van der Waals surface area (Å²) in [7, 11) is -4.88. The van der Waals surface area contributed by atoms with Crippen LogP contribution in [0.1, 0.15) is 115 Å². The normalized spacial score (nSPS) is 14.9. The largest absolute Gasteiger partial charge is 0.489 e. The molecule has 0 amide bonds. The minimum atomic E-state index is -3.53. The number of para-hydroxylation sites is 2. The Morgan fingerprint density at radius 2 is 1.09 bits per heavy atom. The van der Waals surface area contributed by atoms with Gasteiger partial charge in [-0.25, -0.2) is 21.8 Å². The Bertz CT molecular complexity index is 3490. The molecule has 2 fully saturated rings. The first-order valence-corrected chi connectivity index (χ1v) is 30.5. The summed E-state index contributed by atoms with van der Waals surface area (Å²) in [6, 6.07) is 22.0. The molecule has 0 aliphatic carbocycles. The van der Waals surface area contributed by atoms with Gasteiger partial charge in [-0.3, -0.25) is 5.10 Å². The lowest BCUT2D eigenvalue weighted by atomic mass is 9.86. The maximum absolute atomic E-state index is 13.1. The van der Waals surface area contributed by atoms with Crippen LogP contribution in [0.25, 0.3) is 11.0 Å². The molecular weight excluding hydrogens is 1060 g/mol. The molecule has 79 heavy (non-hydrogen) atoms. The summed E-state index contributed by atoms with van der Waals surface area (Å²) in [4.78, 5) is 21.1. The maximum Gasteiger partial charge on any atom is 0.231 e. The topological polar surface area (TPSA) is 230 Å². The molecule has 21 heteroatoms. The van der Waals surface area contributed by atoms with Gasteiger partial charge in [0.1, 0.15) is 22.3 Å². The first-order valence-electron chi connectivity index (χ1n) is 27.1. The second kappa shape index (κ2) is 25.3. The van der Waals surface area contributed by atoms with E-state index in [-0.39, 0.29) is 27.0 Å². The summed E-state index contributed by atoms with van der Waals surface area (Å²) in [5, 5.41) is 23.3. The number of rotatable bonds is 18. The minimum absolute atomic E-state index is 0.0121. The average Bonchev–Trinajstić information content (AvgIpc) is 3.99. The molecule has 18 nitrogen and oxygen atoms in total. The molecule has 2 aliphatic rings. The lowest BCUT2D eigenvalue weighted by Gasteiger charge is -2.30. The van der Waals surface area contributed by atoms with Gasteiger partial charge in [0.25, 0.3) is 0 Å². The molecule has 5 heterocycles. The Labute approximate surface area is 470 Å². The zero-order valence-electron chi connectivity index (χ0n) is 47.0. The molecule has 2 aliphatic heterocycles. The van der Waals surface area contributed by atoms with Gasteiger partial charge < -0.3 is 41.0 Å². The monoisotopic (exact) mass is 1130 g/mol. The van der Waals surface area contributed by atoms with Crippen molar-refractivity contribution in [3.63, 3.8) is 0 Å². The zero-order valence-corrected chi connectivity index (χ0v) is 49.4. The minimum Gasteiger partial charge on any atom is -0.489 e. The standard InChI is InChI=1S/C30H39N7O3S.C28H36ClN5O3S/c1-18(2)40-26-16-22(21-11-13-37(6)14-12-21)20(5)15-25(26)33-30-34-28(23-17-31-36-29(23)35-30)32-24-9-7-8-10-27(24)41(38,39)19(3)4;1-17(2)37-25-15-21(20-10-12-30-13-11-20)19(5)14-24(25)33-28-31-16-22(29)27(34-28)32-23-8-6-7-9-26(23)38(35,36)18(3)4/h7-10,15-19,21H,11-14H2,1-6H3,(H3,31,32,33,34,35,36);6-9,14-18,20,30H,10-13H2,1-5H3,(H2,31,32,33,34). The molecule has 9 rings (SSSR count). The van der Waals surface area contributed by atoms with E-state index in [1.807, 2.05) is 27.7 Å². The van der Waals surface area contributed by atoms with Crippen molar-refractivity contribution < 1.29 is 26.3 Å². The zero-order chi connectivity index (χ0) is 56.8. The number of likely N-dealkylation sites (tertiary alicyclic amines) is 1. The van der Waals surface area contributed by atoms with Gasteiger partial charge in [-0.1, -0.05) is 35.9 Å². The van der Waals surface area contributed by atoms with Crippen molar-refractivity contribution in [1.29, 1.82) is 0 Å². The van der Waals surface area contributed by atoms with Gasteiger partial charge >= 0.3 is 0 Å². The van der Waals surface area contributed by atoms with Gasteiger partial charge in [0.05, 0.1) is 73.0 Å². The van der Waals surface area contributed by atoms with Gasteiger partial charge in [-0.2, -0.15) is 20.1 Å². The first-order chi connectivity index (χ1) is 37.6. The van der Waals surface area contributed by atoms with E-state index < -0.39 is 30.2 Å². The number of aromatic nitrogens is 6. The maximum atomic E-state index is 13.1. The van der Waals surface area contributed by atoms with Gasteiger partial charge in [0.15, 0.2) is 31.1 Å². The van der Waals surface area contributed by atoms with Crippen LogP contribution in [0.5, 0.6) is 11.5 Å². The van der Waals surface area contributed by atoms with Crippen molar-refractivity contribution in [2.45, 2.75) is 139 Å². The Morgan fingerprint density at radius 1 is 0.608 bits per heavy atom. The van der Waals surface area contributed by atoms with Crippen LogP contribution in [0.2, 0.25) is 5.02 Å². The van der Waals surface area contributed by atoms with Gasteiger partial charge in [-0.15, -0.1) is 0 Å². The van der Waals surface area contributed by atoms with Crippen LogP contribution in [0.3, 0.4) is 0 Å². The van der Waals surface area contributed by atoms with Crippen LogP contribution in [0, 0.1) is 13.8 Å². The molecular formula is C58H75ClN12O6S2. The Morgan fingerprint density at radius 3 is 1.61 bits per heavy atom. The first kappa shape index (κ1) is 58.6. The van der Waals surface area contributed by atoms with E-state index in [1.165, 1.54) is 28.5 Å².